The van der Waals surface area contributed by atoms with E-state index in [1.54, 1.807) is 12.1 Å². The quantitative estimate of drug-likeness (QED) is 0.634. The third-order valence-corrected chi connectivity index (χ3v) is 5.18. The fourth-order valence-electron chi connectivity index (χ4n) is 0.998. The van der Waals surface area contributed by atoms with Gasteiger partial charge in [-0.05, 0) is 25.1 Å². The maximum absolute atomic E-state index is 5.83. The van der Waals surface area contributed by atoms with Crippen molar-refractivity contribution in [2.24, 2.45) is 0 Å². The second kappa shape index (κ2) is 4.37. The Kier molecular flexibility index (Phi) is 3.57. The van der Waals surface area contributed by atoms with Gasteiger partial charge < -0.3 is 5.73 Å². The number of pyridine rings is 1. The largest absolute Gasteiger partial charge is 0.397 e. The van der Waals surface area contributed by atoms with Crippen molar-refractivity contribution in [1.29, 1.82) is 0 Å². The molecule has 1 aromatic heterocycles. The summed E-state index contributed by atoms with van der Waals surface area (Å²) in [5.41, 5.74) is 7.29. The van der Waals surface area contributed by atoms with Gasteiger partial charge >= 0.3 is 0 Å². The summed E-state index contributed by atoms with van der Waals surface area (Å²) in [6.07, 6.45) is 2.05. The van der Waals surface area contributed by atoms with E-state index in [1.807, 2.05) is 6.08 Å². The predicted octanol–water partition coefficient (Wildman–Crippen LogP) is 3.60. The molecule has 0 aromatic carbocycles. The van der Waals surface area contributed by atoms with E-state index < -0.39 is 8.07 Å². The van der Waals surface area contributed by atoms with Crippen LogP contribution in [-0.2, 0) is 0 Å². The third-order valence-electron chi connectivity index (χ3n) is 2.46. The van der Waals surface area contributed by atoms with Crippen LogP contribution in [-0.4, -0.2) is 13.1 Å². The minimum Gasteiger partial charge on any atom is -0.397 e. The van der Waals surface area contributed by atoms with Crippen LogP contribution in [0.3, 0.4) is 0 Å². The van der Waals surface area contributed by atoms with Gasteiger partial charge in [-0.2, -0.15) is 0 Å². The maximum atomic E-state index is 5.83. The van der Waals surface area contributed by atoms with E-state index >= 15 is 0 Å². The fraction of sp³-hybridized carbons (Fsp3) is 0.364. The summed E-state index contributed by atoms with van der Waals surface area (Å²) in [7, 11) is -1.26. The normalized spacial score (nSPS) is 13.0. The van der Waals surface area contributed by atoms with Crippen molar-refractivity contribution in [1.82, 2.24) is 4.98 Å². The van der Waals surface area contributed by atoms with Crippen molar-refractivity contribution >= 4 is 31.4 Å². The van der Waals surface area contributed by atoms with Gasteiger partial charge in [-0.25, -0.2) is 4.98 Å². The van der Waals surface area contributed by atoms with Crippen LogP contribution in [0.25, 0.3) is 6.08 Å². The molecule has 0 atom stereocenters. The first kappa shape index (κ1) is 12.3. The standard InChI is InChI=1S/C11H17ClN2Si/c1-8(15(2,3)4)7-10-9(13)5-6-11(12)14-10/h5-7H,13H2,1-4H3/b8-7+. The first-order chi connectivity index (χ1) is 6.80. The highest BCUT2D eigenvalue weighted by Gasteiger charge is 2.15. The molecule has 4 heteroatoms. The summed E-state index contributed by atoms with van der Waals surface area (Å²) < 4.78 is 0. The van der Waals surface area contributed by atoms with E-state index in [-0.39, 0.29) is 0 Å². The van der Waals surface area contributed by atoms with Crippen LogP contribution in [0.2, 0.25) is 24.8 Å². The Morgan fingerprint density at radius 3 is 2.53 bits per heavy atom. The molecule has 0 unspecified atom stereocenters. The first-order valence-corrected chi connectivity index (χ1v) is 8.79. The summed E-state index contributed by atoms with van der Waals surface area (Å²) >= 11 is 5.83. The van der Waals surface area contributed by atoms with Crippen molar-refractivity contribution in [3.8, 4) is 0 Å². The highest BCUT2D eigenvalue weighted by atomic mass is 35.5. The Balaban J connectivity index is 3.13. The van der Waals surface area contributed by atoms with Gasteiger partial charge in [0.15, 0.2) is 0 Å². The molecule has 0 saturated carbocycles. The zero-order valence-corrected chi connectivity index (χ0v) is 11.4. The van der Waals surface area contributed by atoms with Gasteiger partial charge in [0, 0.05) is 0 Å². The van der Waals surface area contributed by atoms with Gasteiger partial charge in [-0.15, -0.1) is 0 Å². The van der Waals surface area contributed by atoms with Crippen molar-refractivity contribution in [2.45, 2.75) is 26.6 Å². The lowest BCUT2D eigenvalue weighted by atomic mass is 10.3. The highest BCUT2D eigenvalue weighted by Crippen LogP contribution is 2.20. The number of anilines is 1. The number of nitrogens with two attached hydrogens (primary N) is 1. The molecule has 2 nitrogen and oxygen atoms in total. The number of aromatic nitrogens is 1. The van der Waals surface area contributed by atoms with E-state index in [1.165, 1.54) is 5.20 Å². The summed E-state index contributed by atoms with van der Waals surface area (Å²) in [6, 6.07) is 3.50. The van der Waals surface area contributed by atoms with Crippen LogP contribution in [0.4, 0.5) is 5.69 Å². The van der Waals surface area contributed by atoms with Crippen LogP contribution < -0.4 is 5.73 Å². The summed E-state index contributed by atoms with van der Waals surface area (Å²) in [5, 5.41) is 1.85. The average Bonchev–Trinajstić information content (AvgIpc) is 2.09. The lowest BCUT2D eigenvalue weighted by Crippen LogP contribution is -2.21. The Bertz CT molecular complexity index is 394. The molecular formula is C11H17ClN2Si. The molecule has 1 aromatic rings. The van der Waals surface area contributed by atoms with Gasteiger partial charge in [0.05, 0.1) is 19.5 Å². The minimum absolute atomic E-state index is 0.485. The van der Waals surface area contributed by atoms with Gasteiger partial charge in [0.2, 0.25) is 0 Å². The number of hydrogen-bond donors (Lipinski definition) is 1. The molecule has 0 amide bonds. The van der Waals surface area contributed by atoms with E-state index in [0.717, 1.165) is 5.69 Å². The third kappa shape index (κ3) is 3.36. The average molecular weight is 241 g/mol. The van der Waals surface area contributed by atoms with E-state index in [9.17, 15) is 0 Å². The van der Waals surface area contributed by atoms with Crippen LogP contribution in [0.15, 0.2) is 17.3 Å². The Morgan fingerprint density at radius 1 is 1.40 bits per heavy atom. The summed E-state index contributed by atoms with van der Waals surface area (Å²) in [6.45, 7) is 9.01. The van der Waals surface area contributed by atoms with Gasteiger partial charge in [0.1, 0.15) is 5.15 Å². The Labute approximate surface area is 97.2 Å². The molecule has 1 rings (SSSR count). The number of hydrogen-bond acceptors (Lipinski definition) is 2. The van der Waals surface area contributed by atoms with Crippen molar-refractivity contribution in [2.75, 3.05) is 5.73 Å². The van der Waals surface area contributed by atoms with Crippen LogP contribution in [0.5, 0.6) is 0 Å². The molecule has 0 radical (unpaired) electrons. The van der Waals surface area contributed by atoms with E-state index in [0.29, 0.717) is 10.8 Å². The smallest absolute Gasteiger partial charge is 0.129 e. The number of halogens is 1. The van der Waals surface area contributed by atoms with Crippen molar-refractivity contribution in [3.63, 3.8) is 0 Å². The molecule has 0 aliphatic rings. The molecule has 2 N–H and O–H groups in total. The monoisotopic (exact) mass is 240 g/mol. The Morgan fingerprint density at radius 2 is 2.00 bits per heavy atom. The minimum atomic E-state index is -1.26. The first-order valence-electron chi connectivity index (χ1n) is 4.91. The molecular weight excluding hydrogens is 224 g/mol. The summed E-state index contributed by atoms with van der Waals surface area (Å²) in [4.78, 5) is 4.21. The lowest BCUT2D eigenvalue weighted by molar-refractivity contribution is 1.29. The van der Waals surface area contributed by atoms with Crippen LogP contribution in [0.1, 0.15) is 12.6 Å². The molecule has 1 heterocycles. The van der Waals surface area contributed by atoms with E-state index in [2.05, 4.69) is 31.5 Å². The molecule has 0 fully saturated rings. The maximum Gasteiger partial charge on any atom is 0.129 e. The zero-order valence-electron chi connectivity index (χ0n) is 9.63. The molecule has 82 valence electrons. The topological polar surface area (TPSA) is 38.9 Å². The highest BCUT2D eigenvalue weighted by molar-refractivity contribution is 6.83. The number of rotatable bonds is 2. The zero-order chi connectivity index (χ0) is 11.6. The molecule has 0 aliphatic heterocycles. The fourth-order valence-corrected chi connectivity index (χ4v) is 1.72. The summed E-state index contributed by atoms with van der Waals surface area (Å²) in [5.74, 6) is 0. The van der Waals surface area contributed by atoms with Crippen molar-refractivity contribution in [3.05, 3.63) is 28.2 Å². The van der Waals surface area contributed by atoms with E-state index in [4.69, 9.17) is 17.3 Å². The van der Waals surface area contributed by atoms with Gasteiger partial charge in [-0.3, -0.25) is 0 Å². The number of nitrogens with zero attached hydrogens (tertiary/aromatic N) is 1. The lowest BCUT2D eigenvalue weighted by Gasteiger charge is -2.17. The predicted molar refractivity (Wildman–Crippen MR) is 70.7 cm³/mol. The molecule has 15 heavy (non-hydrogen) atoms. The second-order valence-corrected chi connectivity index (χ2v) is 10.4. The molecule has 0 aliphatic carbocycles. The molecule has 0 spiro atoms. The van der Waals surface area contributed by atoms with Gasteiger partial charge in [0.25, 0.3) is 0 Å². The number of nitrogen functional groups attached to an aromatic ring is 1. The van der Waals surface area contributed by atoms with Crippen LogP contribution >= 0.6 is 11.6 Å². The number of allylic oxidation sites excluding steroid dienone is 1. The molecule has 0 bridgehead atoms. The van der Waals surface area contributed by atoms with Crippen LogP contribution in [0, 0.1) is 0 Å². The SMILES string of the molecule is C/C(=C\c1nc(Cl)ccc1N)[Si](C)(C)C. The van der Waals surface area contributed by atoms with Crippen molar-refractivity contribution < 1.29 is 0 Å². The van der Waals surface area contributed by atoms with Gasteiger partial charge in [-0.1, -0.05) is 36.4 Å². The second-order valence-electron chi connectivity index (χ2n) is 4.69. The Hall–Kier alpha value is -0.803. The molecule has 0 saturated heterocycles.